The van der Waals surface area contributed by atoms with Crippen molar-refractivity contribution in [1.29, 1.82) is 0 Å². The Morgan fingerprint density at radius 3 is 2.62 bits per heavy atom. The number of alkyl halides is 3. The quantitative estimate of drug-likeness (QED) is 0.454. The van der Waals surface area contributed by atoms with Crippen LogP contribution in [-0.4, -0.2) is 6.21 Å². The first-order valence-corrected chi connectivity index (χ1v) is 8.08. The minimum atomic E-state index is -4.39. The van der Waals surface area contributed by atoms with Crippen LogP contribution in [0.5, 0.6) is 0 Å². The standard InChI is InChI=1S/C19H14ClF3N2O/c20-17-7-2-1-4-14(17)11-24-25-12-16-8-9-18(26-16)13-5-3-6-15(10-13)19(21,22)23/h1-10,12,24H,11H2/b25-12-. The molecule has 1 N–H and O–H groups in total. The maximum Gasteiger partial charge on any atom is 0.416 e. The van der Waals surface area contributed by atoms with Crippen LogP contribution in [0.3, 0.4) is 0 Å². The SMILES string of the molecule is FC(F)(F)c1cccc(-c2ccc(/C=N\NCc3ccccc3Cl)o2)c1. The van der Waals surface area contributed by atoms with Gasteiger partial charge < -0.3 is 9.84 Å². The molecule has 26 heavy (non-hydrogen) atoms. The largest absolute Gasteiger partial charge is 0.455 e. The molecular formula is C19H14ClF3N2O. The number of hydrogen-bond donors (Lipinski definition) is 1. The highest BCUT2D eigenvalue weighted by atomic mass is 35.5. The molecule has 0 aliphatic carbocycles. The first-order valence-electron chi connectivity index (χ1n) is 7.70. The Morgan fingerprint density at radius 1 is 1.04 bits per heavy atom. The van der Waals surface area contributed by atoms with Gasteiger partial charge in [0.1, 0.15) is 11.5 Å². The fourth-order valence-electron chi connectivity index (χ4n) is 2.31. The molecule has 0 bridgehead atoms. The third kappa shape index (κ3) is 4.46. The summed E-state index contributed by atoms with van der Waals surface area (Å²) in [5.74, 6) is 0.757. The van der Waals surface area contributed by atoms with Crippen LogP contribution in [0.1, 0.15) is 16.9 Å². The lowest BCUT2D eigenvalue weighted by atomic mass is 10.1. The van der Waals surface area contributed by atoms with E-state index in [-0.39, 0.29) is 0 Å². The minimum absolute atomic E-state index is 0.337. The van der Waals surface area contributed by atoms with Crippen molar-refractivity contribution in [2.45, 2.75) is 12.7 Å². The molecule has 3 nitrogen and oxygen atoms in total. The van der Waals surface area contributed by atoms with Gasteiger partial charge in [0.15, 0.2) is 0 Å². The number of benzene rings is 2. The van der Waals surface area contributed by atoms with E-state index in [4.69, 9.17) is 16.0 Å². The maximum absolute atomic E-state index is 12.8. The Bertz CT molecular complexity index is 919. The van der Waals surface area contributed by atoms with E-state index in [0.29, 0.717) is 28.7 Å². The molecule has 0 aliphatic rings. The van der Waals surface area contributed by atoms with Gasteiger partial charge in [-0.15, -0.1) is 0 Å². The van der Waals surface area contributed by atoms with Crippen molar-refractivity contribution in [3.63, 3.8) is 0 Å². The lowest BCUT2D eigenvalue weighted by Crippen LogP contribution is -2.05. The predicted octanol–water partition coefficient (Wildman–Crippen LogP) is 5.74. The lowest BCUT2D eigenvalue weighted by Gasteiger charge is -2.07. The molecule has 134 valence electrons. The van der Waals surface area contributed by atoms with E-state index < -0.39 is 11.7 Å². The second-order valence-electron chi connectivity index (χ2n) is 5.47. The van der Waals surface area contributed by atoms with Crippen LogP contribution < -0.4 is 5.43 Å². The zero-order chi connectivity index (χ0) is 18.6. The number of furan rings is 1. The van der Waals surface area contributed by atoms with E-state index in [1.54, 1.807) is 24.3 Å². The molecule has 3 aromatic rings. The van der Waals surface area contributed by atoms with Gasteiger partial charge in [0.25, 0.3) is 0 Å². The minimum Gasteiger partial charge on any atom is -0.455 e. The van der Waals surface area contributed by atoms with Crippen LogP contribution in [-0.2, 0) is 12.7 Å². The number of nitrogens with zero attached hydrogens (tertiary/aromatic N) is 1. The Morgan fingerprint density at radius 2 is 1.85 bits per heavy atom. The molecule has 0 unspecified atom stereocenters. The zero-order valence-electron chi connectivity index (χ0n) is 13.4. The average molecular weight is 379 g/mol. The van der Waals surface area contributed by atoms with E-state index in [9.17, 15) is 13.2 Å². The molecule has 0 radical (unpaired) electrons. The Kier molecular flexibility index (Phi) is 5.32. The van der Waals surface area contributed by atoms with Gasteiger partial charge in [-0.2, -0.15) is 18.3 Å². The van der Waals surface area contributed by atoms with Crippen LogP contribution in [0.2, 0.25) is 5.02 Å². The van der Waals surface area contributed by atoms with E-state index in [1.807, 2.05) is 18.2 Å². The lowest BCUT2D eigenvalue weighted by molar-refractivity contribution is -0.137. The number of nitrogens with one attached hydrogen (secondary N) is 1. The molecule has 0 fully saturated rings. The normalized spacial score (nSPS) is 11.8. The van der Waals surface area contributed by atoms with E-state index >= 15 is 0 Å². The highest BCUT2D eigenvalue weighted by Gasteiger charge is 2.30. The molecule has 3 rings (SSSR count). The smallest absolute Gasteiger partial charge is 0.416 e. The number of rotatable bonds is 5. The molecule has 1 aromatic heterocycles. The monoisotopic (exact) mass is 378 g/mol. The molecule has 0 aliphatic heterocycles. The first kappa shape index (κ1) is 18.1. The molecule has 2 aromatic carbocycles. The van der Waals surface area contributed by atoms with Gasteiger partial charge >= 0.3 is 6.18 Å². The van der Waals surface area contributed by atoms with Crippen molar-refractivity contribution in [2.75, 3.05) is 0 Å². The summed E-state index contributed by atoms with van der Waals surface area (Å²) in [5, 5.41) is 4.67. The maximum atomic E-state index is 12.8. The average Bonchev–Trinajstić information content (AvgIpc) is 3.08. The predicted molar refractivity (Wildman–Crippen MR) is 95.0 cm³/mol. The van der Waals surface area contributed by atoms with Crippen LogP contribution >= 0.6 is 11.6 Å². The third-order valence-corrected chi connectivity index (χ3v) is 3.98. The van der Waals surface area contributed by atoms with Crippen molar-refractivity contribution < 1.29 is 17.6 Å². The first-order chi connectivity index (χ1) is 12.4. The molecule has 0 saturated carbocycles. The van der Waals surface area contributed by atoms with Crippen molar-refractivity contribution in [1.82, 2.24) is 5.43 Å². The highest BCUT2D eigenvalue weighted by Crippen LogP contribution is 2.32. The Balaban J connectivity index is 1.66. The third-order valence-electron chi connectivity index (χ3n) is 3.61. The van der Waals surface area contributed by atoms with Crippen molar-refractivity contribution >= 4 is 17.8 Å². The van der Waals surface area contributed by atoms with Gasteiger partial charge in [0, 0.05) is 10.6 Å². The number of hydrogen-bond acceptors (Lipinski definition) is 3. The highest BCUT2D eigenvalue weighted by molar-refractivity contribution is 6.31. The van der Waals surface area contributed by atoms with Crippen molar-refractivity contribution in [2.24, 2.45) is 5.10 Å². The van der Waals surface area contributed by atoms with Crippen LogP contribution in [0.4, 0.5) is 13.2 Å². The number of halogens is 4. The van der Waals surface area contributed by atoms with E-state index in [0.717, 1.165) is 17.7 Å². The van der Waals surface area contributed by atoms with Crippen molar-refractivity contribution in [3.8, 4) is 11.3 Å². The second kappa shape index (κ2) is 7.66. The molecule has 0 saturated heterocycles. The molecule has 1 heterocycles. The molecule has 0 atom stereocenters. The summed E-state index contributed by atoms with van der Waals surface area (Å²) >= 11 is 6.05. The molecule has 0 spiro atoms. The van der Waals surface area contributed by atoms with Gasteiger partial charge in [-0.3, -0.25) is 0 Å². The number of hydrazone groups is 1. The Hall–Kier alpha value is -2.73. The van der Waals surface area contributed by atoms with Crippen molar-refractivity contribution in [3.05, 3.63) is 82.6 Å². The summed E-state index contributed by atoms with van der Waals surface area (Å²) in [4.78, 5) is 0. The van der Waals surface area contributed by atoms with E-state index in [2.05, 4.69) is 10.5 Å². The topological polar surface area (TPSA) is 37.5 Å². The summed E-state index contributed by atoms with van der Waals surface area (Å²) in [6, 6.07) is 15.6. The van der Waals surface area contributed by atoms with Crippen LogP contribution in [0.25, 0.3) is 11.3 Å². The van der Waals surface area contributed by atoms with Crippen LogP contribution in [0, 0.1) is 0 Å². The summed E-state index contributed by atoms with van der Waals surface area (Å²) in [6.07, 6.45) is -2.94. The van der Waals surface area contributed by atoms with Gasteiger partial charge in [0.2, 0.25) is 0 Å². The van der Waals surface area contributed by atoms with E-state index in [1.165, 1.54) is 12.3 Å². The molecule has 0 amide bonds. The second-order valence-corrected chi connectivity index (χ2v) is 5.87. The van der Waals surface area contributed by atoms with Gasteiger partial charge in [-0.25, -0.2) is 0 Å². The van der Waals surface area contributed by atoms with Crippen LogP contribution in [0.15, 0.2) is 70.2 Å². The summed E-state index contributed by atoms with van der Waals surface area (Å²) < 4.78 is 43.9. The van der Waals surface area contributed by atoms with Gasteiger partial charge in [-0.05, 0) is 35.9 Å². The molecular weight excluding hydrogens is 365 g/mol. The fraction of sp³-hybridized carbons (Fsp3) is 0.105. The summed E-state index contributed by atoms with van der Waals surface area (Å²) in [6.45, 7) is 0.442. The zero-order valence-corrected chi connectivity index (χ0v) is 14.2. The van der Waals surface area contributed by atoms with Gasteiger partial charge in [-0.1, -0.05) is 41.9 Å². The molecule has 7 heteroatoms. The van der Waals surface area contributed by atoms with Gasteiger partial charge in [0.05, 0.1) is 18.3 Å². The summed E-state index contributed by atoms with van der Waals surface area (Å²) in [7, 11) is 0. The fourth-order valence-corrected chi connectivity index (χ4v) is 2.51. The summed E-state index contributed by atoms with van der Waals surface area (Å²) in [5.41, 5.74) is 3.37. The Labute approximate surface area is 153 Å².